The Bertz CT molecular complexity index is 2050. The van der Waals surface area contributed by atoms with Crippen LogP contribution in [-0.2, 0) is 16.8 Å². The van der Waals surface area contributed by atoms with Gasteiger partial charge in [-0.1, -0.05) is 92.5 Å². The maximum absolute atomic E-state index is 14.5. The Morgan fingerprint density at radius 2 is 1.78 bits per heavy atom. The van der Waals surface area contributed by atoms with E-state index in [4.69, 9.17) is 23.2 Å². The first-order chi connectivity index (χ1) is 23.9. The van der Waals surface area contributed by atoms with E-state index in [1.165, 1.54) is 12.1 Å². The van der Waals surface area contributed by atoms with Crippen molar-refractivity contribution < 1.29 is 14.7 Å². The first kappa shape index (κ1) is 33.7. The number of nitrogens with zero attached hydrogens (tertiary/aromatic N) is 4. The predicted octanol–water partition coefficient (Wildman–Crippen LogP) is 7.33. The summed E-state index contributed by atoms with van der Waals surface area (Å²) in [6.45, 7) is 7.82. The van der Waals surface area contributed by atoms with Crippen molar-refractivity contribution in [3.05, 3.63) is 123 Å². The number of fused-ring (bicyclic) bond motifs is 2. The fraction of sp³-hybridized carbons (Fsp3) is 0.289. The number of hydrogen-bond acceptors (Lipinski definition) is 7. The molecule has 256 valence electrons. The quantitative estimate of drug-likeness (QED) is 0.132. The molecule has 5 aromatic rings. The fourth-order valence-corrected chi connectivity index (χ4v) is 8.23. The molecule has 2 aliphatic heterocycles. The second-order valence-electron chi connectivity index (χ2n) is 14.3. The van der Waals surface area contributed by atoms with Gasteiger partial charge in [0.15, 0.2) is 5.82 Å². The molecule has 0 aliphatic carbocycles. The molecule has 7 rings (SSSR count). The molecule has 1 fully saturated rings. The molecule has 4 aromatic carbocycles. The number of hydrogen-bond donors (Lipinski definition) is 4. The highest BCUT2D eigenvalue weighted by Gasteiger charge is 2.62. The van der Waals surface area contributed by atoms with Gasteiger partial charge >= 0.3 is 5.97 Å². The van der Waals surface area contributed by atoms with Crippen molar-refractivity contribution in [3.63, 3.8) is 0 Å². The molecular weight excluding hydrogens is 673 g/mol. The summed E-state index contributed by atoms with van der Waals surface area (Å²) in [4.78, 5) is 28.6. The van der Waals surface area contributed by atoms with Crippen LogP contribution in [0.15, 0.2) is 91.0 Å². The van der Waals surface area contributed by atoms with Gasteiger partial charge in [0.1, 0.15) is 0 Å². The molecule has 2 aliphatic rings. The van der Waals surface area contributed by atoms with Gasteiger partial charge < -0.3 is 20.6 Å². The first-order valence-corrected chi connectivity index (χ1v) is 17.2. The van der Waals surface area contributed by atoms with Crippen molar-refractivity contribution in [1.29, 1.82) is 0 Å². The molecular formula is C38H37Cl2N7O3. The van der Waals surface area contributed by atoms with E-state index < -0.39 is 23.3 Å². The van der Waals surface area contributed by atoms with Crippen LogP contribution in [0.2, 0.25) is 10.0 Å². The van der Waals surface area contributed by atoms with Crippen LogP contribution in [-0.4, -0.2) is 56.2 Å². The van der Waals surface area contributed by atoms with Gasteiger partial charge in [-0.3, -0.25) is 4.79 Å². The summed E-state index contributed by atoms with van der Waals surface area (Å²) in [5.41, 5.74) is 4.71. The molecule has 0 saturated carbocycles. The number of carboxylic acid groups (broad SMARTS) is 1. The van der Waals surface area contributed by atoms with Crippen LogP contribution >= 0.6 is 23.2 Å². The average molecular weight is 711 g/mol. The lowest BCUT2D eigenvalue weighted by atomic mass is 9.63. The second kappa shape index (κ2) is 13.2. The highest BCUT2D eigenvalue weighted by atomic mass is 35.5. The largest absolute Gasteiger partial charge is 0.478 e. The number of carbonyl (C=O) groups excluding carboxylic acids is 1. The van der Waals surface area contributed by atoms with E-state index in [9.17, 15) is 14.7 Å². The molecule has 0 bridgehead atoms. The molecule has 3 heterocycles. The van der Waals surface area contributed by atoms with Crippen molar-refractivity contribution in [2.24, 2.45) is 5.41 Å². The number of halogens is 2. The van der Waals surface area contributed by atoms with Crippen LogP contribution in [0.25, 0.3) is 11.4 Å². The summed E-state index contributed by atoms with van der Waals surface area (Å²) in [6, 6.07) is 27.3. The van der Waals surface area contributed by atoms with Gasteiger partial charge in [0.25, 0.3) is 0 Å². The van der Waals surface area contributed by atoms with E-state index >= 15 is 0 Å². The lowest BCUT2D eigenvalue weighted by Crippen LogP contribution is -2.48. The number of aromatic carboxylic acids is 1. The monoisotopic (exact) mass is 709 g/mol. The topological polar surface area (TPSA) is 136 Å². The number of benzene rings is 4. The number of H-pyrrole nitrogens is 1. The number of aromatic nitrogens is 4. The van der Waals surface area contributed by atoms with Gasteiger partial charge in [-0.25, -0.2) is 9.89 Å². The number of carbonyl (C=O) groups is 2. The lowest BCUT2D eigenvalue weighted by Gasteiger charge is -2.40. The van der Waals surface area contributed by atoms with E-state index in [0.29, 0.717) is 34.6 Å². The molecule has 50 heavy (non-hydrogen) atoms. The van der Waals surface area contributed by atoms with Gasteiger partial charge in [-0.15, -0.1) is 5.10 Å². The smallest absolute Gasteiger partial charge is 0.335 e. The zero-order valence-corrected chi connectivity index (χ0v) is 29.3. The molecule has 1 saturated heterocycles. The highest BCUT2D eigenvalue weighted by molar-refractivity contribution is 6.31. The SMILES string of the molecule is CC(C)(C)C[C@@H]1N[C@@H](C(=O)Nc2cccc(C(=O)O)c2)[C@H](c2ccccc2Cl)[C@]12CN(Cc1ccc(-c3nnn[nH]3)cc1)c1ccc(Cl)cc12. The molecule has 1 spiro atoms. The highest BCUT2D eigenvalue weighted by Crippen LogP contribution is 2.58. The molecule has 12 heteroatoms. The van der Waals surface area contributed by atoms with E-state index in [1.54, 1.807) is 12.1 Å². The molecule has 1 aromatic heterocycles. The molecule has 1 amide bonds. The lowest BCUT2D eigenvalue weighted by molar-refractivity contribution is -0.118. The van der Waals surface area contributed by atoms with Gasteiger partial charge in [-0.05, 0) is 81.4 Å². The Morgan fingerprint density at radius 1 is 1.00 bits per heavy atom. The van der Waals surface area contributed by atoms with E-state index in [-0.39, 0.29) is 22.9 Å². The summed E-state index contributed by atoms with van der Waals surface area (Å²) in [5.74, 6) is -1.15. The minimum atomic E-state index is -1.07. The fourth-order valence-electron chi connectivity index (χ4n) is 7.81. The summed E-state index contributed by atoms with van der Waals surface area (Å²) in [6.07, 6.45) is 0.756. The minimum absolute atomic E-state index is 0.0902. The Hall–Kier alpha value is -4.77. The standard InChI is InChI=1S/C38H37Cl2N7O3/c1-37(2,3)19-31-38(21-47(30-16-15-25(39)18-28(30)38)20-22-11-13-23(14-12-22)34-43-45-46-44-34)32(27-9-4-5-10-29(27)40)33(42-31)35(48)41-26-8-6-7-24(17-26)36(49)50/h4-18,31-33,42H,19-21H2,1-3H3,(H,41,48)(H,49,50)(H,43,44,45,46)/t31-,32-,33+,38-/m0/s1. The van der Waals surface area contributed by atoms with Crippen LogP contribution in [0.3, 0.4) is 0 Å². The number of nitrogens with one attached hydrogen (secondary N) is 3. The third kappa shape index (κ3) is 6.34. The number of carboxylic acids is 1. The minimum Gasteiger partial charge on any atom is -0.478 e. The van der Waals surface area contributed by atoms with E-state index in [0.717, 1.165) is 34.4 Å². The van der Waals surface area contributed by atoms with Gasteiger partial charge in [-0.2, -0.15) is 0 Å². The summed E-state index contributed by atoms with van der Waals surface area (Å²) in [5, 5.41) is 31.8. The average Bonchev–Trinajstić information content (AvgIpc) is 3.79. The summed E-state index contributed by atoms with van der Waals surface area (Å²) in [7, 11) is 0. The zero-order chi connectivity index (χ0) is 35.2. The van der Waals surface area contributed by atoms with Crippen LogP contribution in [0, 0.1) is 5.41 Å². The van der Waals surface area contributed by atoms with Gasteiger partial charge in [0.2, 0.25) is 5.91 Å². The van der Waals surface area contributed by atoms with Crippen molar-refractivity contribution in [1.82, 2.24) is 25.9 Å². The Morgan fingerprint density at radius 3 is 2.48 bits per heavy atom. The van der Waals surface area contributed by atoms with Crippen molar-refractivity contribution in [3.8, 4) is 11.4 Å². The van der Waals surface area contributed by atoms with E-state index in [2.05, 4.69) is 81.2 Å². The molecule has 0 radical (unpaired) electrons. The van der Waals surface area contributed by atoms with Crippen LogP contribution in [0.5, 0.6) is 0 Å². The summed E-state index contributed by atoms with van der Waals surface area (Å²) >= 11 is 13.8. The Labute approximate surface area is 300 Å². The maximum atomic E-state index is 14.5. The van der Waals surface area contributed by atoms with Crippen LogP contribution in [0.1, 0.15) is 60.2 Å². The predicted molar refractivity (Wildman–Crippen MR) is 195 cm³/mol. The molecule has 4 N–H and O–H groups in total. The number of tetrazole rings is 1. The Balaban J connectivity index is 1.34. The number of rotatable bonds is 8. The summed E-state index contributed by atoms with van der Waals surface area (Å²) < 4.78 is 0. The van der Waals surface area contributed by atoms with Crippen LogP contribution < -0.4 is 15.5 Å². The zero-order valence-electron chi connectivity index (χ0n) is 27.8. The first-order valence-electron chi connectivity index (χ1n) is 16.5. The van der Waals surface area contributed by atoms with Crippen LogP contribution in [0.4, 0.5) is 11.4 Å². The van der Waals surface area contributed by atoms with Gasteiger partial charge in [0.05, 0.1) is 11.6 Å². The Kier molecular flexibility index (Phi) is 8.88. The third-order valence-electron chi connectivity index (χ3n) is 9.81. The van der Waals surface area contributed by atoms with Crippen molar-refractivity contribution in [2.75, 3.05) is 16.8 Å². The van der Waals surface area contributed by atoms with E-state index in [1.807, 2.05) is 42.5 Å². The second-order valence-corrected chi connectivity index (χ2v) is 15.2. The van der Waals surface area contributed by atoms with Crippen molar-refractivity contribution in [2.45, 2.75) is 57.2 Å². The normalized spacial score (nSPS) is 21.4. The number of amides is 1. The third-order valence-corrected chi connectivity index (χ3v) is 10.4. The molecule has 4 atom stereocenters. The molecule has 10 nitrogen and oxygen atoms in total. The molecule has 0 unspecified atom stereocenters. The van der Waals surface area contributed by atoms with Gasteiger partial charge in [0, 0.05) is 57.4 Å². The maximum Gasteiger partial charge on any atom is 0.335 e. The number of anilines is 2. The number of aromatic amines is 1. The van der Waals surface area contributed by atoms with Crippen molar-refractivity contribution >= 4 is 46.5 Å².